The molecule has 18 heavy (non-hydrogen) atoms. The molecule has 0 bridgehead atoms. The van der Waals surface area contributed by atoms with Crippen molar-refractivity contribution in [2.45, 2.75) is 57.9 Å². The average molecular weight is 246 g/mol. The van der Waals surface area contributed by atoms with Crippen molar-refractivity contribution in [2.75, 3.05) is 7.05 Å². The van der Waals surface area contributed by atoms with E-state index in [-0.39, 0.29) is 0 Å². The van der Waals surface area contributed by atoms with E-state index in [0.717, 1.165) is 11.6 Å². The molecule has 1 N–H and O–H groups in total. The average Bonchev–Trinajstić information content (AvgIpc) is 2.42. The summed E-state index contributed by atoms with van der Waals surface area (Å²) < 4.78 is 0. The van der Waals surface area contributed by atoms with E-state index in [4.69, 9.17) is 0 Å². The first-order valence-electron chi connectivity index (χ1n) is 7.39. The lowest BCUT2D eigenvalue weighted by Gasteiger charge is -2.24. The summed E-state index contributed by atoms with van der Waals surface area (Å²) in [7, 11) is 2.06. The van der Waals surface area contributed by atoms with Crippen LogP contribution in [0.3, 0.4) is 0 Å². The maximum absolute atomic E-state index is 4.40. The van der Waals surface area contributed by atoms with Crippen molar-refractivity contribution in [1.29, 1.82) is 0 Å². The number of aryl methyl sites for hydroxylation is 1. The van der Waals surface area contributed by atoms with Gasteiger partial charge >= 0.3 is 0 Å². The Labute approximate surface area is 111 Å². The Kier molecular flexibility index (Phi) is 5.18. The standard InChI is InChI=1S/C16H26N2/c1-13-8-10-15(12-18-13)16(17-2)11-9-14-6-4-3-5-7-14/h8,10,12,14,16-17H,3-7,9,11H2,1-2H3. The summed E-state index contributed by atoms with van der Waals surface area (Å²) in [6, 6.07) is 4.80. The predicted molar refractivity (Wildman–Crippen MR) is 76.6 cm³/mol. The molecule has 0 aliphatic heterocycles. The van der Waals surface area contributed by atoms with Crippen molar-refractivity contribution in [1.82, 2.24) is 10.3 Å². The third-order valence-electron chi connectivity index (χ3n) is 4.27. The van der Waals surface area contributed by atoms with E-state index in [1.807, 2.05) is 13.1 Å². The third-order valence-corrected chi connectivity index (χ3v) is 4.27. The quantitative estimate of drug-likeness (QED) is 0.849. The van der Waals surface area contributed by atoms with Crippen LogP contribution in [0.5, 0.6) is 0 Å². The summed E-state index contributed by atoms with van der Waals surface area (Å²) in [6.07, 6.45) is 11.9. The molecule has 2 heteroatoms. The molecule has 0 radical (unpaired) electrons. The van der Waals surface area contributed by atoms with Gasteiger partial charge in [0, 0.05) is 17.9 Å². The van der Waals surface area contributed by atoms with Crippen molar-refractivity contribution in [3.8, 4) is 0 Å². The molecule has 1 atom stereocenters. The minimum absolute atomic E-state index is 0.472. The molecule has 0 spiro atoms. The van der Waals surface area contributed by atoms with Gasteiger partial charge in [0.2, 0.25) is 0 Å². The van der Waals surface area contributed by atoms with Crippen LogP contribution >= 0.6 is 0 Å². The maximum Gasteiger partial charge on any atom is 0.0372 e. The summed E-state index contributed by atoms with van der Waals surface area (Å²) in [5.74, 6) is 0.966. The molecule has 1 aliphatic rings. The SMILES string of the molecule is CNC(CCC1CCCCC1)c1ccc(C)nc1. The Balaban J connectivity index is 1.86. The van der Waals surface area contributed by atoms with E-state index >= 15 is 0 Å². The van der Waals surface area contributed by atoms with Gasteiger partial charge in [-0.2, -0.15) is 0 Å². The van der Waals surface area contributed by atoms with Gasteiger partial charge in [0.25, 0.3) is 0 Å². The predicted octanol–water partition coefficient (Wildman–Crippen LogP) is 4.01. The lowest BCUT2D eigenvalue weighted by Crippen LogP contribution is -2.18. The maximum atomic E-state index is 4.40. The molecular formula is C16H26N2. The van der Waals surface area contributed by atoms with E-state index in [9.17, 15) is 0 Å². The van der Waals surface area contributed by atoms with Crippen LogP contribution in [-0.2, 0) is 0 Å². The van der Waals surface area contributed by atoms with Crippen LogP contribution in [0.1, 0.15) is 62.2 Å². The van der Waals surface area contributed by atoms with Gasteiger partial charge in [0.1, 0.15) is 0 Å². The summed E-state index contributed by atoms with van der Waals surface area (Å²) in [5.41, 5.74) is 2.43. The first-order chi connectivity index (χ1) is 8.79. The van der Waals surface area contributed by atoms with Crippen LogP contribution in [0.25, 0.3) is 0 Å². The van der Waals surface area contributed by atoms with Gasteiger partial charge in [-0.1, -0.05) is 38.2 Å². The molecule has 2 nitrogen and oxygen atoms in total. The van der Waals surface area contributed by atoms with Crippen molar-refractivity contribution in [3.05, 3.63) is 29.6 Å². The molecule has 0 saturated heterocycles. The number of hydrogen-bond donors (Lipinski definition) is 1. The molecule has 1 saturated carbocycles. The fourth-order valence-corrected chi connectivity index (χ4v) is 3.04. The number of pyridine rings is 1. The molecule has 0 aromatic carbocycles. The molecular weight excluding hydrogens is 220 g/mol. The number of hydrogen-bond acceptors (Lipinski definition) is 2. The lowest BCUT2D eigenvalue weighted by atomic mass is 9.84. The summed E-state index contributed by atoms with van der Waals surface area (Å²) in [5, 5.41) is 3.44. The van der Waals surface area contributed by atoms with Crippen LogP contribution in [0.15, 0.2) is 18.3 Å². The molecule has 100 valence electrons. The molecule has 1 aromatic heterocycles. The fraction of sp³-hybridized carbons (Fsp3) is 0.688. The van der Waals surface area contributed by atoms with Crippen molar-refractivity contribution in [2.24, 2.45) is 5.92 Å². The summed E-state index contributed by atoms with van der Waals surface area (Å²) in [4.78, 5) is 4.40. The highest BCUT2D eigenvalue weighted by atomic mass is 14.9. The van der Waals surface area contributed by atoms with E-state index in [2.05, 4.69) is 29.5 Å². The zero-order valence-corrected chi connectivity index (χ0v) is 11.8. The van der Waals surface area contributed by atoms with E-state index in [1.54, 1.807) is 0 Å². The van der Waals surface area contributed by atoms with Crippen LogP contribution in [0, 0.1) is 12.8 Å². The first kappa shape index (κ1) is 13.5. The van der Waals surface area contributed by atoms with Gasteiger partial charge < -0.3 is 5.32 Å². The normalized spacial score (nSPS) is 18.8. The molecule has 1 heterocycles. The van der Waals surface area contributed by atoms with Crippen molar-refractivity contribution in [3.63, 3.8) is 0 Å². The van der Waals surface area contributed by atoms with E-state index < -0.39 is 0 Å². The molecule has 1 aromatic rings. The third kappa shape index (κ3) is 3.81. The summed E-state index contributed by atoms with van der Waals surface area (Å²) >= 11 is 0. The second kappa shape index (κ2) is 6.89. The Morgan fingerprint density at radius 1 is 1.28 bits per heavy atom. The second-order valence-electron chi connectivity index (χ2n) is 5.66. The smallest absolute Gasteiger partial charge is 0.0372 e. The van der Waals surface area contributed by atoms with Gasteiger partial charge in [-0.25, -0.2) is 0 Å². The highest BCUT2D eigenvalue weighted by Gasteiger charge is 2.16. The van der Waals surface area contributed by atoms with Gasteiger partial charge in [0.15, 0.2) is 0 Å². The Bertz CT molecular complexity index is 339. The Morgan fingerprint density at radius 3 is 2.67 bits per heavy atom. The number of rotatable bonds is 5. The van der Waals surface area contributed by atoms with Crippen LogP contribution in [0.4, 0.5) is 0 Å². The summed E-state index contributed by atoms with van der Waals surface area (Å²) in [6.45, 7) is 2.04. The number of aromatic nitrogens is 1. The van der Waals surface area contributed by atoms with E-state index in [0.29, 0.717) is 6.04 Å². The van der Waals surface area contributed by atoms with Gasteiger partial charge in [0.05, 0.1) is 0 Å². The largest absolute Gasteiger partial charge is 0.313 e. The van der Waals surface area contributed by atoms with Crippen LogP contribution in [-0.4, -0.2) is 12.0 Å². The second-order valence-corrected chi connectivity index (χ2v) is 5.66. The molecule has 1 aliphatic carbocycles. The fourth-order valence-electron chi connectivity index (χ4n) is 3.04. The van der Waals surface area contributed by atoms with Crippen LogP contribution < -0.4 is 5.32 Å². The molecule has 2 rings (SSSR count). The van der Waals surface area contributed by atoms with Gasteiger partial charge in [-0.3, -0.25) is 4.98 Å². The molecule has 1 unspecified atom stereocenters. The Morgan fingerprint density at radius 2 is 2.06 bits per heavy atom. The number of nitrogens with one attached hydrogen (secondary N) is 1. The van der Waals surface area contributed by atoms with Crippen molar-refractivity contribution < 1.29 is 0 Å². The minimum atomic E-state index is 0.472. The zero-order chi connectivity index (χ0) is 12.8. The highest BCUT2D eigenvalue weighted by molar-refractivity contribution is 5.17. The minimum Gasteiger partial charge on any atom is -0.313 e. The molecule has 0 amide bonds. The van der Waals surface area contributed by atoms with Crippen molar-refractivity contribution >= 4 is 0 Å². The van der Waals surface area contributed by atoms with Gasteiger partial charge in [-0.15, -0.1) is 0 Å². The number of nitrogens with zero attached hydrogens (tertiary/aromatic N) is 1. The highest BCUT2D eigenvalue weighted by Crippen LogP contribution is 2.30. The molecule has 1 fully saturated rings. The van der Waals surface area contributed by atoms with E-state index in [1.165, 1.54) is 50.5 Å². The van der Waals surface area contributed by atoms with Gasteiger partial charge in [-0.05, 0) is 44.4 Å². The van der Waals surface area contributed by atoms with Crippen LogP contribution in [0.2, 0.25) is 0 Å². The Hall–Kier alpha value is -0.890. The first-order valence-corrected chi connectivity index (χ1v) is 7.39. The lowest BCUT2D eigenvalue weighted by molar-refractivity contribution is 0.317. The monoisotopic (exact) mass is 246 g/mol. The zero-order valence-electron chi connectivity index (χ0n) is 11.8. The topological polar surface area (TPSA) is 24.9 Å².